The van der Waals surface area contributed by atoms with E-state index < -0.39 is 5.60 Å². The minimum Gasteiger partial charge on any atom is -0.393 e. The summed E-state index contributed by atoms with van der Waals surface area (Å²) in [6.45, 7) is 8.15. The quantitative estimate of drug-likeness (QED) is 0.742. The van der Waals surface area contributed by atoms with Crippen molar-refractivity contribution in [1.29, 1.82) is 0 Å². The molecule has 98 valence electrons. The molecule has 0 aliphatic heterocycles. The fraction of sp³-hybridized carbons (Fsp3) is 0.867. The molecule has 0 heterocycles. The third-order valence-electron chi connectivity index (χ3n) is 5.53. The van der Waals surface area contributed by atoms with Gasteiger partial charge in [0.15, 0.2) is 0 Å². The Bertz CT molecular complexity index is 328. The van der Waals surface area contributed by atoms with Crippen LogP contribution >= 0.6 is 0 Å². The maximum Gasteiger partial charge on any atom is 0.0771 e. The first kappa shape index (κ1) is 13.1. The topological polar surface area (TPSA) is 40.5 Å². The Kier molecular flexibility index (Phi) is 2.95. The molecule has 0 aromatic heterocycles. The molecule has 2 bridgehead atoms. The second-order valence-electron chi connectivity index (χ2n) is 7.08. The monoisotopic (exact) mass is 238 g/mol. The molecule has 0 aromatic carbocycles. The number of aliphatic hydroxyl groups is 2. The molecule has 0 amide bonds. The van der Waals surface area contributed by atoms with Crippen molar-refractivity contribution in [3.63, 3.8) is 0 Å². The lowest BCUT2D eigenvalue weighted by Gasteiger charge is -2.39. The van der Waals surface area contributed by atoms with Gasteiger partial charge in [-0.25, -0.2) is 0 Å². The summed E-state index contributed by atoms with van der Waals surface area (Å²) in [5, 5.41) is 19.9. The average molecular weight is 238 g/mol. The second-order valence-corrected chi connectivity index (χ2v) is 7.08. The first-order valence-electron chi connectivity index (χ1n) is 6.77. The zero-order chi connectivity index (χ0) is 12.9. The van der Waals surface area contributed by atoms with Gasteiger partial charge in [-0.1, -0.05) is 26.0 Å². The van der Waals surface area contributed by atoms with E-state index >= 15 is 0 Å². The predicted octanol–water partition coefficient (Wildman–Crippen LogP) is 2.89. The van der Waals surface area contributed by atoms with E-state index in [0.29, 0.717) is 5.92 Å². The van der Waals surface area contributed by atoms with Crippen LogP contribution in [0.5, 0.6) is 0 Å². The van der Waals surface area contributed by atoms with Gasteiger partial charge in [-0.15, -0.1) is 0 Å². The van der Waals surface area contributed by atoms with Gasteiger partial charge in [0.25, 0.3) is 0 Å². The maximum absolute atomic E-state index is 10.2. The fourth-order valence-corrected chi connectivity index (χ4v) is 3.99. The van der Waals surface area contributed by atoms with Gasteiger partial charge >= 0.3 is 0 Å². The Morgan fingerprint density at radius 1 is 1.35 bits per heavy atom. The van der Waals surface area contributed by atoms with Gasteiger partial charge in [-0.05, 0) is 56.3 Å². The molecular weight excluding hydrogens is 212 g/mol. The summed E-state index contributed by atoms with van der Waals surface area (Å²) in [7, 11) is 0. The van der Waals surface area contributed by atoms with Crippen LogP contribution in [0.3, 0.4) is 0 Å². The third kappa shape index (κ3) is 1.96. The summed E-state index contributed by atoms with van der Waals surface area (Å²) in [6, 6.07) is 0. The largest absolute Gasteiger partial charge is 0.393 e. The smallest absolute Gasteiger partial charge is 0.0771 e. The Hall–Kier alpha value is -0.340. The van der Waals surface area contributed by atoms with Crippen molar-refractivity contribution in [2.75, 3.05) is 0 Å². The van der Waals surface area contributed by atoms with E-state index in [1.807, 2.05) is 6.08 Å². The van der Waals surface area contributed by atoms with E-state index in [1.54, 1.807) is 13.8 Å². The van der Waals surface area contributed by atoms with E-state index in [1.165, 1.54) is 6.42 Å². The van der Waals surface area contributed by atoms with Gasteiger partial charge in [-0.3, -0.25) is 0 Å². The molecule has 2 nitrogen and oxygen atoms in total. The molecule has 2 saturated carbocycles. The van der Waals surface area contributed by atoms with Crippen molar-refractivity contribution in [3.05, 3.63) is 12.2 Å². The first-order valence-corrected chi connectivity index (χ1v) is 6.77. The molecule has 2 rings (SSSR count). The first-order chi connectivity index (χ1) is 7.69. The molecule has 2 fully saturated rings. The van der Waals surface area contributed by atoms with E-state index in [-0.39, 0.29) is 16.9 Å². The zero-order valence-corrected chi connectivity index (χ0v) is 11.5. The van der Waals surface area contributed by atoms with Gasteiger partial charge in [0.05, 0.1) is 11.7 Å². The molecular formula is C15H26O2. The summed E-state index contributed by atoms with van der Waals surface area (Å²) < 4.78 is 0. The molecule has 0 unspecified atom stereocenters. The third-order valence-corrected chi connectivity index (χ3v) is 5.53. The van der Waals surface area contributed by atoms with Crippen LogP contribution in [0.15, 0.2) is 12.2 Å². The molecule has 0 saturated heterocycles. The van der Waals surface area contributed by atoms with Gasteiger partial charge in [0, 0.05) is 0 Å². The molecule has 2 N–H and O–H groups in total. The molecule has 4 atom stereocenters. The number of fused-ring (bicyclic) bond motifs is 2. The maximum atomic E-state index is 10.2. The van der Waals surface area contributed by atoms with Crippen molar-refractivity contribution in [2.24, 2.45) is 16.7 Å². The lowest BCUT2D eigenvalue weighted by atomic mass is 9.66. The number of allylic oxidation sites excluding steroid dienone is 1. The van der Waals surface area contributed by atoms with Crippen LogP contribution in [0, 0.1) is 16.7 Å². The molecule has 2 aliphatic rings. The SMILES string of the molecule is CC(C)(O)/C=C/C[C@@]1(C)[C@@H]2CC[C@@]1(C)[C@H](O)C2. The van der Waals surface area contributed by atoms with E-state index in [0.717, 1.165) is 19.3 Å². The number of hydrogen-bond donors (Lipinski definition) is 2. The van der Waals surface area contributed by atoms with Gasteiger partial charge < -0.3 is 10.2 Å². The second kappa shape index (κ2) is 3.83. The Balaban J connectivity index is 2.13. The van der Waals surface area contributed by atoms with Gasteiger partial charge in [0.2, 0.25) is 0 Å². The van der Waals surface area contributed by atoms with E-state index in [2.05, 4.69) is 19.9 Å². The van der Waals surface area contributed by atoms with Crippen molar-refractivity contribution in [2.45, 2.75) is 65.1 Å². The van der Waals surface area contributed by atoms with Crippen LogP contribution in [0.4, 0.5) is 0 Å². The van der Waals surface area contributed by atoms with Gasteiger partial charge in [0.1, 0.15) is 0 Å². The molecule has 0 aromatic rings. The zero-order valence-electron chi connectivity index (χ0n) is 11.5. The van der Waals surface area contributed by atoms with E-state index in [9.17, 15) is 10.2 Å². The molecule has 0 spiro atoms. The Labute approximate surface area is 105 Å². The summed E-state index contributed by atoms with van der Waals surface area (Å²) in [4.78, 5) is 0. The van der Waals surface area contributed by atoms with Crippen LogP contribution in [0.1, 0.15) is 53.4 Å². The standard InChI is InChI=1S/C15H26O2/c1-13(2,17)7-5-8-14(3)11-6-9-15(14,4)12(16)10-11/h5,7,11-12,16-17H,6,8-10H2,1-4H3/b7-5+/t11-,12-,14+,15+/m1/s1. The molecule has 17 heavy (non-hydrogen) atoms. The van der Waals surface area contributed by atoms with Crippen molar-refractivity contribution in [1.82, 2.24) is 0 Å². The van der Waals surface area contributed by atoms with Crippen LogP contribution in [0.2, 0.25) is 0 Å². The van der Waals surface area contributed by atoms with Crippen LogP contribution < -0.4 is 0 Å². The normalized spacial score (nSPS) is 46.0. The lowest BCUT2D eigenvalue weighted by Crippen LogP contribution is -2.37. The van der Waals surface area contributed by atoms with Crippen LogP contribution in [0.25, 0.3) is 0 Å². The minimum absolute atomic E-state index is 0.0710. The summed E-state index contributed by atoms with van der Waals surface area (Å²) in [6.07, 6.45) is 8.17. The van der Waals surface area contributed by atoms with Crippen molar-refractivity contribution in [3.8, 4) is 0 Å². The number of aliphatic hydroxyl groups excluding tert-OH is 1. The highest BCUT2D eigenvalue weighted by Crippen LogP contribution is 2.67. The van der Waals surface area contributed by atoms with Gasteiger partial charge in [-0.2, -0.15) is 0 Å². The van der Waals surface area contributed by atoms with Crippen LogP contribution in [-0.4, -0.2) is 21.9 Å². The molecule has 2 aliphatic carbocycles. The number of hydrogen-bond acceptors (Lipinski definition) is 2. The summed E-state index contributed by atoms with van der Waals surface area (Å²) in [5.41, 5.74) is -0.455. The highest BCUT2D eigenvalue weighted by atomic mass is 16.3. The Morgan fingerprint density at radius 3 is 2.41 bits per heavy atom. The van der Waals surface area contributed by atoms with E-state index in [4.69, 9.17) is 0 Å². The Morgan fingerprint density at radius 2 is 2.00 bits per heavy atom. The lowest BCUT2D eigenvalue weighted by molar-refractivity contribution is 0.00624. The predicted molar refractivity (Wildman–Crippen MR) is 69.6 cm³/mol. The highest BCUT2D eigenvalue weighted by Gasteiger charge is 2.62. The highest BCUT2D eigenvalue weighted by molar-refractivity contribution is 5.15. The van der Waals surface area contributed by atoms with Crippen LogP contribution in [-0.2, 0) is 0 Å². The summed E-state index contributed by atoms with van der Waals surface area (Å²) >= 11 is 0. The molecule has 0 radical (unpaired) electrons. The van der Waals surface area contributed by atoms with Crippen molar-refractivity contribution < 1.29 is 10.2 Å². The fourth-order valence-electron chi connectivity index (χ4n) is 3.99. The average Bonchev–Trinajstić information content (AvgIpc) is 2.50. The number of rotatable bonds is 3. The molecule has 2 heteroatoms. The summed E-state index contributed by atoms with van der Waals surface area (Å²) in [5.74, 6) is 0.647. The minimum atomic E-state index is -0.729. The van der Waals surface area contributed by atoms with Crippen molar-refractivity contribution >= 4 is 0 Å².